The third-order valence-corrected chi connectivity index (χ3v) is 4.15. The van der Waals surface area contributed by atoms with Gasteiger partial charge in [0.15, 0.2) is 0 Å². The number of rotatable bonds is 3. The number of hydrogen-bond donors (Lipinski definition) is 1. The molecule has 0 saturated heterocycles. The van der Waals surface area contributed by atoms with Crippen molar-refractivity contribution in [2.45, 2.75) is 33.3 Å². The first-order chi connectivity index (χ1) is 8.91. The van der Waals surface area contributed by atoms with Crippen LogP contribution in [0.1, 0.15) is 34.1 Å². The summed E-state index contributed by atoms with van der Waals surface area (Å²) in [4.78, 5) is 0. The number of aliphatic hydroxyl groups excluding tert-OH is 1. The maximum Gasteiger partial charge on any atom is 0.130 e. The molecule has 0 saturated carbocycles. The van der Waals surface area contributed by atoms with Gasteiger partial charge < -0.3 is 5.11 Å². The van der Waals surface area contributed by atoms with Crippen LogP contribution in [0, 0.1) is 20.8 Å². The lowest BCUT2D eigenvalue weighted by Gasteiger charge is -2.15. The predicted molar refractivity (Wildman–Crippen MR) is 77.5 cm³/mol. The van der Waals surface area contributed by atoms with Crippen molar-refractivity contribution >= 4 is 11.6 Å². The average Bonchev–Trinajstić information content (AvgIpc) is 2.59. The Morgan fingerprint density at radius 2 is 2.00 bits per heavy atom. The Kier molecular flexibility index (Phi) is 3.97. The van der Waals surface area contributed by atoms with E-state index in [1.54, 1.807) is 4.68 Å². The Bertz CT molecular complexity index is 604. The van der Waals surface area contributed by atoms with E-state index in [2.05, 4.69) is 5.10 Å². The molecular weight excluding hydrogens is 260 g/mol. The van der Waals surface area contributed by atoms with Gasteiger partial charge in [-0.3, -0.25) is 4.68 Å². The van der Waals surface area contributed by atoms with Crippen molar-refractivity contribution in [1.82, 2.24) is 9.78 Å². The molecule has 1 aromatic carbocycles. The van der Waals surface area contributed by atoms with Crippen LogP contribution < -0.4 is 0 Å². The van der Waals surface area contributed by atoms with Gasteiger partial charge in [-0.25, -0.2) is 0 Å². The van der Waals surface area contributed by atoms with Gasteiger partial charge in [-0.1, -0.05) is 29.8 Å². The van der Waals surface area contributed by atoms with Crippen LogP contribution >= 0.6 is 11.6 Å². The maximum atomic E-state index is 10.4. The summed E-state index contributed by atoms with van der Waals surface area (Å²) in [5.74, 6) is 0. The summed E-state index contributed by atoms with van der Waals surface area (Å²) in [6.45, 7) is 6.00. The van der Waals surface area contributed by atoms with Gasteiger partial charge in [0.1, 0.15) is 5.15 Å². The Morgan fingerprint density at radius 1 is 1.32 bits per heavy atom. The highest BCUT2D eigenvalue weighted by Crippen LogP contribution is 2.28. The summed E-state index contributed by atoms with van der Waals surface area (Å²) in [5.41, 5.74) is 5.06. The van der Waals surface area contributed by atoms with Crippen molar-refractivity contribution in [1.29, 1.82) is 0 Å². The van der Waals surface area contributed by atoms with Crippen molar-refractivity contribution in [2.75, 3.05) is 0 Å². The molecule has 0 amide bonds. The molecule has 0 radical (unpaired) electrons. The molecule has 1 unspecified atom stereocenters. The third kappa shape index (κ3) is 2.67. The molecular formula is C15H19ClN2O. The highest BCUT2D eigenvalue weighted by Gasteiger charge is 2.18. The minimum atomic E-state index is -0.555. The van der Waals surface area contributed by atoms with Gasteiger partial charge in [0, 0.05) is 19.0 Å². The van der Waals surface area contributed by atoms with E-state index in [4.69, 9.17) is 11.6 Å². The lowest BCUT2D eigenvalue weighted by Crippen LogP contribution is -2.05. The van der Waals surface area contributed by atoms with Crippen LogP contribution in [-0.2, 0) is 13.5 Å². The normalized spacial score (nSPS) is 12.7. The fourth-order valence-electron chi connectivity index (χ4n) is 2.34. The van der Waals surface area contributed by atoms with Crippen LogP contribution in [0.4, 0.5) is 0 Å². The van der Waals surface area contributed by atoms with Crippen LogP contribution in [0.3, 0.4) is 0 Å². The topological polar surface area (TPSA) is 38.1 Å². The predicted octanol–water partition coefficient (Wildman–Crippen LogP) is 3.27. The second kappa shape index (κ2) is 5.35. The van der Waals surface area contributed by atoms with Gasteiger partial charge in [-0.15, -0.1) is 0 Å². The number of benzene rings is 1. The second-order valence-electron chi connectivity index (χ2n) is 4.99. The summed E-state index contributed by atoms with van der Waals surface area (Å²) in [6.07, 6.45) is -0.0664. The van der Waals surface area contributed by atoms with E-state index in [0.29, 0.717) is 11.6 Å². The zero-order valence-corrected chi connectivity index (χ0v) is 12.5. The molecule has 2 aromatic rings. The Hall–Kier alpha value is -1.32. The molecule has 4 heteroatoms. The Balaban J connectivity index is 2.31. The van der Waals surface area contributed by atoms with Gasteiger partial charge in [0.05, 0.1) is 11.8 Å². The maximum absolute atomic E-state index is 10.4. The zero-order valence-electron chi connectivity index (χ0n) is 11.7. The molecule has 2 rings (SSSR count). The second-order valence-corrected chi connectivity index (χ2v) is 5.35. The molecule has 0 aliphatic carbocycles. The molecule has 0 fully saturated rings. The summed E-state index contributed by atoms with van der Waals surface area (Å²) in [5, 5.41) is 15.3. The number of nitrogens with zero attached hydrogens (tertiary/aromatic N) is 2. The van der Waals surface area contributed by atoms with E-state index in [9.17, 15) is 5.11 Å². The lowest BCUT2D eigenvalue weighted by molar-refractivity contribution is 0.177. The minimum Gasteiger partial charge on any atom is -0.388 e. The number of aliphatic hydroxyl groups is 1. The lowest BCUT2D eigenvalue weighted by atomic mass is 9.95. The summed E-state index contributed by atoms with van der Waals surface area (Å²) in [6, 6.07) is 5.99. The van der Waals surface area contributed by atoms with Gasteiger partial charge in [-0.2, -0.15) is 5.10 Å². The molecule has 1 N–H and O–H groups in total. The fourth-order valence-corrected chi connectivity index (χ4v) is 2.60. The van der Waals surface area contributed by atoms with Crippen molar-refractivity contribution < 1.29 is 5.11 Å². The molecule has 102 valence electrons. The van der Waals surface area contributed by atoms with Gasteiger partial charge in [0.25, 0.3) is 0 Å². The third-order valence-electron chi connectivity index (χ3n) is 3.67. The molecule has 1 heterocycles. The van der Waals surface area contributed by atoms with E-state index < -0.39 is 6.10 Å². The van der Waals surface area contributed by atoms with Gasteiger partial charge in [-0.05, 0) is 37.5 Å². The molecule has 0 spiro atoms. The van der Waals surface area contributed by atoms with Crippen LogP contribution in [0.25, 0.3) is 0 Å². The number of aryl methyl sites for hydroxylation is 3. The van der Waals surface area contributed by atoms with Crippen molar-refractivity contribution in [3.63, 3.8) is 0 Å². The minimum absolute atomic E-state index is 0.489. The average molecular weight is 279 g/mol. The molecule has 1 aromatic heterocycles. The van der Waals surface area contributed by atoms with Crippen molar-refractivity contribution in [2.24, 2.45) is 7.05 Å². The summed E-state index contributed by atoms with van der Waals surface area (Å²) < 4.78 is 1.64. The smallest absolute Gasteiger partial charge is 0.130 e. The monoisotopic (exact) mass is 278 g/mol. The number of hydrogen-bond acceptors (Lipinski definition) is 2. The summed E-state index contributed by atoms with van der Waals surface area (Å²) >= 11 is 6.21. The van der Waals surface area contributed by atoms with E-state index >= 15 is 0 Å². The van der Waals surface area contributed by atoms with Crippen molar-refractivity contribution in [3.8, 4) is 0 Å². The number of aromatic nitrogens is 2. The largest absolute Gasteiger partial charge is 0.388 e. The first-order valence-corrected chi connectivity index (χ1v) is 6.71. The molecule has 0 bridgehead atoms. The van der Waals surface area contributed by atoms with Crippen LogP contribution in [-0.4, -0.2) is 14.9 Å². The molecule has 0 aliphatic rings. The first-order valence-electron chi connectivity index (χ1n) is 6.34. The quantitative estimate of drug-likeness (QED) is 0.936. The van der Waals surface area contributed by atoms with Crippen LogP contribution in [0.5, 0.6) is 0 Å². The standard InChI is InChI=1S/C15H19ClN2O/c1-9-6-5-7-12(10(9)2)14(19)8-13-11(3)17-18(4)15(13)16/h5-7,14,19H,8H2,1-4H3. The Labute approximate surface area is 118 Å². The molecule has 0 aliphatic heterocycles. The van der Waals surface area contributed by atoms with E-state index in [1.807, 2.05) is 46.0 Å². The zero-order chi connectivity index (χ0) is 14.2. The molecule has 3 nitrogen and oxygen atoms in total. The SMILES string of the molecule is Cc1cccc(C(O)Cc2c(C)nn(C)c2Cl)c1C. The van der Waals surface area contributed by atoms with E-state index in [1.165, 1.54) is 5.56 Å². The summed E-state index contributed by atoms with van der Waals surface area (Å²) in [7, 11) is 1.81. The van der Waals surface area contributed by atoms with Crippen LogP contribution in [0.15, 0.2) is 18.2 Å². The van der Waals surface area contributed by atoms with Gasteiger partial charge >= 0.3 is 0 Å². The van der Waals surface area contributed by atoms with Gasteiger partial charge in [0.2, 0.25) is 0 Å². The Morgan fingerprint density at radius 3 is 2.58 bits per heavy atom. The fraction of sp³-hybridized carbons (Fsp3) is 0.400. The van der Waals surface area contributed by atoms with Crippen LogP contribution in [0.2, 0.25) is 5.15 Å². The first kappa shape index (κ1) is 14.1. The molecule has 1 atom stereocenters. The number of halogens is 1. The van der Waals surface area contributed by atoms with E-state index in [0.717, 1.165) is 22.4 Å². The highest BCUT2D eigenvalue weighted by atomic mass is 35.5. The highest BCUT2D eigenvalue weighted by molar-refractivity contribution is 6.30. The van der Waals surface area contributed by atoms with Crippen molar-refractivity contribution in [3.05, 3.63) is 51.3 Å². The van der Waals surface area contributed by atoms with E-state index in [-0.39, 0.29) is 0 Å². The molecule has 19 heavy (non-hydrogen) atoms.